The van der Waals surface area contributed by atoms with Crippen molar-refractivity contribution in [2.45, 2.75) is 25.9 Å². The summed E-state index contributed by atoms with van der Waals surface area (Å²) in [6.07, 6.45) is 5.60. The molecule has 0 aliphatic carbocycles. The molecule has 136 valence electrons. The van der Waals surface area contributed by atoms with Gasteiger partial charge in [-0.25, -0.2) is 4.39 Å². The van der Waals surface area contributed by atoms with E-state index in [0.29, 0.717) is 22.8 Å². The molecule has 3 aromatic rings. The summed E-state index contributed by atoms with van der Waals surface area (Å²) in [5.74, 6) is -0.238. The van der Waals surface area contributed by atoms with E-state index in [1.807, 2.05) is 6.92 Å². The lowest BCUT2D eigenvalue weighted by molar-refractivity contribution is -0.119. The van der Waals surface area contributed by atoms with Crippen molar-refractivity contribution in [3.63, 3.8) is 0 Å². The zero-order valence-electron chi connectivity index (χ0n) is 13.9. The number of carbonyl (C=O) groups is 1. The first-order valence-electron chi connectivity index (χ1n) is 7.94. The molecule has 0 radical (unpaired) electrons. The lowest BCUT2D eigenvalue weighted by Crippen LogP contribution is -2.26. The van der Waals surface area contributed by atoms with Crippen molar-refractivity contribution in [3.8, 4) is 0 Å². The van der Waals surface area contributed by atoms with E-state index in [-0.39, 0.29) is 12.5 Å². The summed E-state index contributed by atoms with van der Waals surface area (Å²) >= 11 is 9.36. The minimum Gasteiger partial charge on any atom is -0.307 e. The first-order chi connectivity index (χ1) is 12.5. The lowest BCUT2D eigenvalue weighted by Gasteiger charge is -2.14. The number of aromatic nitrogens is 4. The molecule has 0 fully saturated rings. The van der Waals surface area contributed by atoms with Crippen LogP contribution in [0, 0.1) is 5.82 Å². The summed E-state index contributed by atoms with van der Waals surface area (Å²) in [5, 5.41) is 11.5. The van der Waals surface area contributed by atoms with E-state index in [1.54, 1.807) is 41.5 Å². The molecule has 3 rings (SSSR count). The van der Waals surface area contributed by atoms with E-state index < -0.39 is 11.9 Å². The molecule has 1 N–H and O–H groups in total. The van der Waals surface area contributed by atoms with Gasteiger partial charge >= 0.3 is 0 Å². The molecule has 1 unspecified atom stereocenters. The summed E-state index contributed by atoms with van der Waals surface area (Å²) in [6, 6.07) is 5.72. The number of halogens is 3. The van der Waals surface area contributed by atoms with E-state index in [2.05, 4.69) is 31.4 Å². The van der Waals surface area contributed by atoms with Gasteiger partial charge in [0.05, 0.1) is 17.2 Å². The highest BCUT2D eigenvalue weighted by Crippen LogP contribution is 2.21. The van der Waals surface area contributed by atoms with E-state index in [4.69, 9.17) is 11.6 Å². The van der Waals surface area contributed by atoms with Gasteiger partial charge in [-0.1, -0.05) is 24.6 Å². The molecule has 1 atom stereocenters. The maximum absolute atomic E-state index is 13.9. The highest BCUT2D eigenvalue weighted by molar-refractivity contribution is 9.10. The number of anilines is 1. The SMILES string of the molecule is CCC(C(=O)Nc1ccn(Cc2c(F)cccc2Cl)n1)n1cc(Br)cn1. The Kier molecular flexibility index (Phi) is 5.73. The zero-order chi connectivity index (χ0) is 18.7. The molecule has 0 bridgehead atoms. The van der Waals surface area contributed by atoms with Gasteiger partial charge in [0.2, 0.25) is 5.91 Å². The molecule has 1 amide bonds. The molecule has 0 aliphatic heterocycles. The van der Waals surface area contributed by atoms with E-state index in [1.165, 1.54) is 10.7 Å². The fourth-order valence-electron chi connectivity index (χ4n) is 2.55. The Labute approximate surface area is 163 Å². The maximum atomic E-state index is 13.9. The van der Waals surface area contributed by atoms with Crippen LogP contribution in [0.2, 0.25) is 5.02 Å². The molecule has 2 aromatic heterocycles. The van der Waals surface area contributed by atoms with Crippen LogP contribution in [0.1, 0.15) is 24.9 Å². The van der Waals surface area contributed by atoms with Gasteiger partial charge < -0.3 is 5.32 Å². The van der Waals surface area contributed by atoms with Gasteiger partial charge in [-0.05, 0) is 34.5 Å². The van der Waals surface area contributed by atoms with Crippen molar-refractivity contribution in [3.05, 3.63) is 63.7 Å². The normalized spacial score (nSPS) is 12.2. The third-order valence-electron chi connectivity index (χ3n) is 3.85. The summed E-state index contributed by atoms with van der Waals surface area (Å²) in [6.45, 7) is 2.07. The minimum atomic E-state index is -0.451. The number of carbonyl (C=O) groups excluding carboxylic acids is 1. The average molecular weight is 441 g/mol. The highest BCUT2D eigenvalue weighted by Gasteiger charge is 2.20. The van der Waals surface area contributed by atoms with Gasteiger partial charge in [0, 0.05) is 29.0 Å². The minimum absolute atomic E-state index is 0.171. The van der Waals surface area contributed by atoms with Crippen LogP contribution in [0.4, 0.5) is 10.2 Å². The first kappa shape index (κ1) is 18.6. The largest absolute Gasteiger partial charge is 0.307 e. The third kappa shape index (κ3) is 4.13. The Morgan fingerprint density at radius 2 is 2.23 bits per heavy atom. The Bertz CT molecular complexity index is 905. The molecule has 26 heavy (non-hydrogen) atoms. The monoisotopic (exact) mass is 439 g/mol. The lowest BCUT2D eigenvalue weighted by atomic mass is 10.2. The maximum Gasteiger partial charge on any atom is 0.250 e. The Hall–Kier alpha value is -2.19. The van der Waals surface area contributed by atoms with Crippen LogP contribution in [0.5, 0.6) is 0 Å². The summed E-state index contributed by atoms with van der Waals surface area (Å²) in [7, 11) is 0. The number of rotatable bonds is 6. The molecule has 6 nitrogen and oxygen atoms in total. The average Bonchev–Trinajstić information content (AvgIpc) is 3.21. The number of benzene rings is 1. The van der Waals surface area contributed by atoms with Crippen molar-refractivity contribution in [1.82, 2.24) is 19.6 Å². The first-order valence-corrected chi connectivity index (χ1v) is 9.12. The van der Waals surface area contributed by atoms with Crippen LogP contribution in [-0.2, 0) is 11.3 Å². The van der Waals surface area contributed by atoms with Crippen molar-refractivity contribution in [1.29, 1.82) is 0 Å². The Balaban J connectivity index is 1.71. The standard InChI is InChI=1S/C17H16BrClFN5O/c1-2-15(25-9-11(18)8-21-25)17(26)22-16-6-7-24(23-16)10-12-13(19)4-3-5-14(12)20/h3-9,15H,2,10H2,1H3,(H,22,23,26). The molecule has 0 saturated carbocycles. The fourth-order valence-corrected chi connectivity index (χ4v) is 3.07. The van der Waals surface area contributed by atoms with Crippen LogP contribution in [0.3, 0.4) is 0 Å². The van der Waals surface area contributed by atoms with E-state index in [9.17, 15) is 9.18 Å². The second-order valence-electron chi connectivity index (χ2n) is 5.65. The fraction of sp³-hybridized carbons (Fsp3) is 0.235. The summed E-state index contributed by atoms with van der Waals surface area (Å²) in [5.41, 5.74) is 0.350. The van der Waals surface area contributed by atoms with Gasteiger partial charge in [-0.15, -0.1) is 0 Å². The second-order valence-corrected chi connectivity index (χ2v) is 6.97. The molecule has 0 aliphatic rings. The quantitative estimate of drug-likeness (QED) is 0.622. The van der Waals surface area contributed by atoms with Crippen LogP contribution in [0.15, 0.2) is 47.3 Å². The van der Waals surface area contributed by atoms with Gasteiger partial charge in [-0.3, -0.25) is 14.2 Å². The zero-order valence-corrected chi connectivity index (χ0v) is 16.2. The number of amides is 1. The number of nitrogens with zero attached hydrogens (tertiary/aromatic N) is 4. The van der Waals surface area contributed by atoms with E-state index in [0.717, 1.165) is 4.47 Å². The number of hydrogen-bond donors (Lipinski definition) is 1. The van der Waals surface area contributed by atoms with Gasteiger partial charge in [0.15, 0.2) is 5.82 Å². The van der Waals surface area contributed by atoms with E-state index >= 15 is 0 Å². The topological polar surface area (TPSA) is 64.7 Å². The molecule has 0 saturated heterocycles. The van der Waals surface area contributed by atoms with Crippen LogP contribution < -0.4 is 5.32 Å². The smallest absolute Gasteiger partial charge is 0.250 e. The highest BCUT2D eigenvalue weighted by atomic mass is 79.9. The molecule has 1 aromatic carbocycles. The van der Waals surface area contributed by atoms with Crippen LogP contribution in [0.25, 0.3) is 0 Å². The second kappa shape index (κ2) is 8.01. The van der Waals surface area contributed by atoms with Crippen LogP contribution in [-0.4, -0.2) is 25.5 Å². The van der Waals surface area contributed by atoms with Gasteiger partial charge in [-0.2, -0.15) is 10.2 Å². The predicted octanol–water partition coefficient (Wildman–Crippen LogP) is 4.27. The van der Waals surface area contributed by atoms with Gasteiger partial charge in [0.25, 0.3) is 0 Å². The molecule has 0 spiro atoms. The Morgan fingerprint density at radius 1 is 1.42 bits per heavy atom. The van der Waals surface area contributed by atoms with Crippen molar-refractivity contribution >= 4 is 39.3 Å². The van der Waals surface area contributed by atoms with Crippen molar-refractivity contribution in [2.24, 2.45) is 0 Å². The van der Waals surface area contributed by atoms with Crippen molar-refractivity contribution < 1.29 is 9.18 Å². The predicted molar refractivity (Wildman–Crippen MR) is 101 cm³/mol. The number of hydrogen-bond acceptors (Lipinski definition) is 3. The van der Waals surface area contributed by atoms with Crippen molar-refractivity contribution in [2.75, 3.05) is 5.32 Å². The molecule has 9 heteroatoms. The number of nitrogens with one attached hydrogen (secondary N) is 1. The van der Waals surface area contributed by atoms with Crippen LogP contribution >= 0.6 is 27.5 Å². The third-order valence-corrected chi connectivity index (χ3v) is 4.62. The van der Waals surface area contributed by atoms with Gasteiger partial charge in [0.1, 0.15) is 11.9 Å². The summed E-state index contributed by atoms with van der Waals surface area (Å²) in [4.78, 5) is 12.5. The molecular weight excluding hydrogens is 425 g/mol. The Morgan fingerprint density at radius 3 is 2.88 bits per heavy atom. The molecule has 2 heterocycles. The summed E-state index contributed by atoms with van der Waals surface area (Å²) < 4.78 is 17.8. The molecular formula is C17H16BrClFN5O.